The molecule has 2 heterocycles. The average Bonchev–Trinajstić information content (AvgIpc) is 3.15. The van der Waals surface area contributed by atoms with Crippen molar-refractivity contribution in [2.45, 2.75) is 123 Å². The van der Waals surface area contributed by atoms with E-state index >= 15 is 0 Å². The first-order chi connectivity index (χ1) is 18.4. The molecule has 2 aliphatic rings. The van der Waals surface area contributed by atoms with E-state index in [-0.39, 0.29) is 23.3 Å². The molecule has 8 nitrogen and oxygen atoms in total. The Kier molecular flexibility index (Phi) is 10.1. The van der Waals surface area contributed by atoms with Crippen molar-refractivity contribution in [2.75, 3.05) is 20.3 Å². The Hall–Kier alpha value is -2.07. The Labute approximate surface area is 242 Å². The highest BCUT2D eigenvalue weighted by Gasteiger charge is 2.50. The van der Waals surface area contributed by atoms with Gasteiger partial charge in [0, 0.05) is 19.4 Å². The lowest BCUT2D eigenvalue weighted by atomic mass is 10.0. The van der Waals surface area contributed by atoms with Crippen molar-refractivity contribution in [2.24, 2.45) is 0 Å². The van der Waals surface area contributed by atoms with Crippen LogP contribution < -0.4 is 4.74 Å². The van der Waals surface area contributed by atoms with Gasteiger partial charge in [0.1, 0.15) is 17.1 Å². The highest BCUT2D eigenvalue weighted by molar-refractivity contribution is 6.74. The molecule has 0 bridgehead atoms. The maximum absolute atomic E-state index is 13.3. The van der Waals surface area contributed by atoms with E-state index in [4.69, 9.17) is 28.1 Å². The van der Waals surface area contributed by atoms with E-state index in [1.54, 1.807) is 12.0 Å². The highest BCUT2D eigenvalue weighted by Crippen LogP contribution is 2.41. The van der Waals surface area contributed by atoms with E-state index < -0.39 is 25.7 Å². The summed E-state index contributed by atoms with van der Waals surface area (Å²) in [5.41, 5.74) is -0.345. The van der Waals surface area contributed by atoms with E-state index in [9.17, 15) is 4.79 Å². The molecule has 1 amide bonds. The van der Waals surface area contributed by atoms with Crippen LogP contribution in [0.5, 0.6) is 5.75 Å². The van der Waals surface area contributed by atoms with Crippen LogP contribution in [-0.2, 0) is 30.0 Å². The smallest absolute Gasteiger partial charge is 0.412 e. The van der Waals surface area contributed by atoms with Gasteiger partial charge in [0.25, 0.3) is 0 Å². The number of hydrogen-bond acceptors (Lipinski definition) is 7. The normalized spacial score (nSPS) is 23.5. The van der Waals surface area contributed by atoms with Gasteiger partial charge in [-0.1, -0.05) is 32.9 Å². The monoisotopic (exact) mass is 577 g/mol. The molecule has 0 aromatic heterocycles. The molecule has 226 valence electrons. The molecule has 40 heavy (non-hydrogen) atoms. The first-order valence-electron chi connectivity index (χ1n) is 14.3. The molecule has 0 aliphatic carbocycles. The summed E-state index contributed by atoms with van der Waals surface area (Å²) in [6.07, 6.45) is 2.43. The van der Waals surface area contributed by atoms with Gasteiger partial charge in [0.15, 0.2) is 0 Å². The maximum atomic E-state index is 13.3. The molecule has 2 aliphatic heterocycles. The summed E-state index contributed by atoms with van der Waals surface area (Å²) in [7, 11) is -0.424. The minimum atomic E-state index is -2.08. The van der Waals surface area contributed by atoms with Gasteiger partial charge in [0.05, 0.1) is 44.3 Å². The molecule has 3 atom stereocenters. The largest absolute Gasteiger partial charge is 0.547 e. The van der Waals surface area contributed by atoms with Crippen LogP contribution in [-0.4, -0.2) is 69.2 Å². The summed E-state index contributed by atoms with van der Waals surface area (Å²) < 4.78 is 36.5. The predicted molar refractivity (Wildman–Crippen MR) is 159 cm³/mol. The zero-order valence-electron chi connectivity index (χ0n) is 26.5. The van der Waals surface area contributed by atoms with Crippen LogP contribution in [0.4, 0.5) is 4.79 Å². The van der Waals surface area contributed by atoms with E-state index in [1.165, 1.54) is 0 Å². The second kappa shape index (κ2) is 12.4. The number of ether oxygens (including phenoxy) is 5. The molecule has 3 rings (SSSR count). The quantitative estimate of drug-likeness (QED) is 0.230. The summed E-state index contributed by atoms with van der Waals surface area (Å²) >= 11 is 0. The Morgan fingerprint density at radius 3 is 2.33 bits per heavy atom. The Morgan fingerprint density at radius 1 is 1.10 bits per heavy atom. The molecule has 0 saturated carbocycles. The molecule has 1 fully saturated rings. The number of hydrogen-bond donors (Lipinski definition) is 0. The van der Waals surface area contributed by atoms with Crippen molar-refractivity contribution in [1.82, 2.24) is 4.90 Å². The van der Waals surface area contributed by atoms with Gasteiger partial charge in [0.2, 0.25) is 8.32 Å². The van der Waals surface area contributed by atoms with Crippen LogP contribution in [0, 0.1) is 0 Å². The summed E-state index contributed by atoms with van der Waals surface area (Å²) in [4.78, 5) is 15.0. The third-order valence-electron chi connectivity index (χ3n) is 7.83. The van der Waals surface area contributed by atoms with Gasteiger partial charge in [-0.3, -0.25) is 4.90 Å². The lowest BCUT2D eigenvalue weighted by Gasteiger charge is -2.42. The molecule has 0 spiro atoms. The standard InChI is InChI=1S/C31H51NO7Si/c1-29(2,3)38-28(33)32-26(21-36-31(32,7)8)27-19-25(39-40(10,11)30(4,5)6)18-24(37-27)16-17-35-20-22-12-14-23(34-9)15-13-22/h12-15,18,24,26-27H,16-17,19-21H2,1-11H3/t24-,26+,27+/m0/s1. The van der Waals surface area contributed by atoms with Crippen LogP contribution in [0.2, 0.25) is 18.1 Å². The molecule has 0 N–H and O–H groups in total. The average molecular weight is 578 g/mol. The zero-order chi connectivity index (χ0) is 29.9. The zero-order valence-corrected chi connectivity index (χ0v) is 27.5. The van der Waals surface area contributed by atoms with Crippen LogP contribution in [0.3, 0.4) is 0 Å². The fourth-order valence-electron chi connectivity index (χ4n) is 4.60. The van der Waals surface area contributed by atoms with E-state index in [2.05, 4.69) is 39.9 Å². The third kappa shape index (κ3) is 8.47. The summed E-state index contributed by atoms with van der Waals surface area (Å²) in [6.45, 7) is 22.0. The number of amides is 1. The number of benzene rings is 1. The lowest BCUT2D eigenvalue weighted by Crippen LogP contribution is -2.55. The number of rotatable bonds is 9. The summed E-state index contributed by atoms with van der Waals surface area (Å²) in [5, 5.41) is 0.0552. The molecule has 0 radical (unpaired) electrons. The number of carbonyl (C=O) groups is 1. The fourth-order valence-corrected chi connectivity index (χ4v) is 5.72. The number of carbonyl (C=O) groups excluding carboxylic acids is 1. The Balaban J connectivity index is 1.76. The topological polar surface area (TPSA) is 75.7 Å². The fraction of sp³-hybridized carbons (Fsp3) is 0.710. The molecule has 0 unspecified atom stereocenters. The van der Waals surface area contributed by atoms with Crippen molar-refractivity contribution in [3.63, 3.8) is 0 Å². The molecular formula is C31H51NO7Si. The van der Waals surface area contributed by atoms with Gasteiger partial charge in [-0.25, -0.2) is 4.79 Å². The first kappa shape index (κ1) is 32.4. The third-order valence-corrected chi connectivity index (χ3v) is 12.2. The van der Waals surface area contributed by atoms with E-state index in [0.29, 0.717) is 32.7 Å². The van der Waals surface area contributed by atoms with E-state index in [1.807, 2.05) is 58.9 Å². The lowest BCUT2D eigenvalue weighted by molar-refractivity contribution is -0.0843. The van der Waals surface area contributed by atoms with E-state index in [0.717, 1.165) is 17.1 Å². The van der Waals surface area contributed by atoms with Crippen molar-refractivity contribution in [3.8, 4) is 5.75 Å². The summed E-state index contributed by atoms with van der Waals surface area (Å²) in [6, 6.07) is 7.57. The van der Waals surface area contributed by atoms with Gasteiger partial charge in [-0.15, -0.1) is 0 Å². The maximum Gasteiger partial charge on any atom is 0.412 e. The molecule has 1 aromatic rings. The van der Waals surface area contributed by atoms with Crippen molar-refractivity contribution in [3.05, 3.63) is 41.7 Å². The minimum absolute atomic E-state index is 0.0552. The molecule has 9 heteroatoms. The second-order valence-corrected chi connectivity index (χ2v) is 18.5. The first-order valence-corrected chi connectivity index (χ1v) is 17.2. The molecule has 1 aromatic carbocycles. The van der Waals surface area contributed by atoms with Crippen LogP contribution >= 0.6 is 0 Å². The van der Waals surface area contributed by atoms with Crippen LogP contribution in [0.15, 0.2) is 36.1 Å². The Bertz CT molecular complexity index is 1020. The highest BCUT2D eigenvalue weighted by atomic mass is 28.4. The van der Waals surface area contributed by atoms with Crippen LogP contribution in [0.1, 0.15) is 73.8 Å². The van der Waals surface area contributed by atoms with Gasteiger partial charge >= 0.3 is 6.09 Å². The Morgan fingerprint density at radius 2 is 1.75 bits per heavy atom. The number of methoxy groups -OCH3 is 1. The van der Waals surface area contributed by atoms with Gasteiger partial charge in [-0.2, -0.15) is 0 Å². The van der Waals surface area contributed by atoms with Gasteiger partial charge < -0.3 is 28.1 Å². The molecule has 1 saturated heterocycles. The summed E-state index contributed by atoms with van der Waals surface area (Å²) in [5.74, 6) is 1.75. The number of nitrogens with zero attached hydrogens (tertiary/aromatic N) is 1. The minimum Gasteiger partial charge on any atom is -0.547 e. The predicted octanol–water partition coefficient (Wildman–Crippen LogP) is 7.04. The molecular weight excluding hydrogens is 526 g/mol. The van der Waals surface area contributed by atoms with Gasteiger partial charge in [-0.05, 0) is 76.5 Å². The SMILES string of the molecule is COc1ccc(COCC[C@H]2C=C(O[Si](C)(C)C(C)(C)C)C[C@H]([C@H]3COC(C)(C)N3C(=O)OC(C)(C)C)O2)cc1. The van der Waals surface area contributed by atoms with Crippen LogP contribution in [0.25, 0.3) is 0 Å². The second-order valence-electron chi connectivity index (χ2n) is 13.8. The van der Waals surface area contributed by atoms with Crippen molar-refractivity contribution < 1.29 is 32.9 Å². The van der Waals surface area contributed by atoms with Crippen molar-refractivity contribution >= 4 is 14.4 Å². The van der Waals surface area contributed by atoms with Crippen molar-refractivity contribution in [1.29, 1.82) is 0 Å².